The molecule has 4 rings (SSSR count). The quantitative estimate of drug-likeness (QED) is 0.375. The van der Waals surface area contributed by atoms with Crippen LogP contribution in [0.4, 0.5) is 16.3 Å². The van der Waals surface area contributed by atoms with Crippen molar-refractivity contribution in [3.8, 4) is 10.6 Å². The molecular formula is C29H35N5O4S. The van der Waals surface area contributed by atoms with E-state index in [0.29, 0.717) is 36.0 Å². The van der Waals surface area contributed by atoms with E-state index in [0.717, 1.165) is 29.0 Å². The van der Waals surface area contributed by atoms with Crippen molar-refractivity contribution in [1.82, 2.24) is 14.9 Å². The molecule has 9 nitrogen and oxygen atoms in total. The van der Waals surface area contributed by atoms with Crippen molar-refractivity contribution in [2.45, 2.75) is 65.5 Å². The van der Waals surface area contributed by atoms with Crippen molar-refractivity contribution in [1.29, 1.82) is 0 Å². The lowest BCUT2D eigenvalue weighted by Crippen LogP contribution is -2.46. The van der Waals surface area contributed by atoms with Gasteiger partial charge in [-0.1, -0.05) is 38.1 Å². The SMILES string of the molecule is CCc1cc(NC(=O)C(=O)N2C[C@@H](C)CC[C@@H]2c2ccc(-c3nccs3)cc2)cnc1NC(=O)OC(C)(C)C. The molecule has 3 amide bonds. The van der Waals surface area contributed by atoms with E-state index in [9.17, 15) is 14.4 Å². The van der Waals surface area contributed by atoms with Gasteiger partial charge in [-0.25, -0.2) is 14.8 Å². The zero-order valence-corrected chi connectivity index (χ0v) is 23.8. The summed E-state index contributed by atoms with van der Waals surface area (Å²) in [6.45, 7) is 9.84. The number of thiazole rings is 1. The molecule has 1 fully saturated rings. The van der Waals surface area contributed by atoms with Gasteiger partial charge in [-0.15, -0.1) is 11.3 Å². The van der Waals surface area contributed by atoms with Crippen molar-refractivity contribution in [2.24, 2.45) is 5.92 Å². The molecule has 0 spiro atoms. The Morgan fingerprint density at radius 1 is 1.10 bits per heavy atom. The number of ether oxygens (including phenoxy) is 1. The Balaban J connectivity index is 1.47. The third-order valence-electron chi connectivity index (χ3n) is 6.47. The number of nitrogens with zero attached hydrogens (tertiary/aromatic N) is 3. The third kappa shape index (κ3) is 7.20. The van der Waals surface area contributed by atoms with Crippen LogP contribution in [0.5, 0.6) is 0 Å². The van der Waals surface area contributed by atoms with Crippen molar-refractivity contribution in [3.05, 3.63) is 59.2 Å². The van der Waals surface area contributed by atoms with Gasteiger partial charge < -0.3 is 15.0 Å². The minimum absolute atomic E-state index is 0.186. The van der Waals surface area contributed by atoms with E-state index in [2.05, 4.69) is 27.5 Å². The number of carbonyl (C=O) groups is 3. The van der Waals surface area contributed by atoms with Gasteiger partial charge in [0.05, 0.1) is 17.9 Å². The summed E-state index contributed by atoms with van der Waals surface area (Å²) in [5, 5.41) is 8.24. The Hall–Kier alpha value is -3.79. The molecule has 1 aliphatic rings. The number of hydrogen-bond acceptors (Lipinski definition) is 7. The molecule has 3 heterocycles. The molecule has 0 saturated carbocycles. The predicted molar refractivity (Wildman–Crippen MR) is 153 cm³/mol. The van der Waals surface area contributed by atoms with Crippen LogP contribution >= 0.6 is 11.3 Å². The molecule has 10 heteroatoms. The van der Waals surface area contributed by atoms with Crippen molar-refractivity contribution in [3.63, 3.8) is 0 Å². The number of likely N-dealkylation sites (tertiary alicyclic amines) is 1. The van der Waals surface area contributed by atoms with E-state index in [4.69, 9.17) is 4.74 Å². The molecule has 2 aromatic heterocycles. The van der Waals surface area contributed by atoms with Gasteiger partial charge in [-0.3, -0.25) is 14.9 Å². The summed E-state index contributed by atoms with van der Waals surface area (Å²) in [7, 11) is 0. The smallest absolute Gasteiger partial charge is 0.413 e. The number of nitrogens with one attached hydrogen (secondary N) is 2. The highest BCUT2D eigenvalue weighted by Gasteiger charge is 2.34. The second kappa shape index (κ2) is 11.9. The highest BCUT2D eigenvalue weighted by atomic mass is 32.1. The minimum atomic E-state index is -0.717. The molecule has 0 aliphatic carbocycles. The van der Waals surface area contributed by atoms with Crippen LogP contribution in [-0.4, -0.2) is 44.9 Å². The summed E-state index contributed by atoms with van der Waals surface area (Å²) in [5.41, 5.74) is 2.47. The van der Waals surface area contributed by atoms with Crippen molar-refractivity contribution >= 4 is 40.7 Å². The summed E-state index contributed by atoms with van der Waals surface area (Å²) < 4.78 is 5.30. The Labute approximate surface area is 233 Å². The number of aromatic nitrogens is 2. The molecule has 1 saturated heterocycles. The average Bonchev–Trinajstić information content (AvgIpc) is 3.43. The lowest BCUT2D eigenvalue weighted by atomic mass is 9.89. The molecule has 2 N–H and O–H groups in total. The van der Waals surface area contributed by atoms with Crippen LogP contribution in [0.15, 0.2) is 48.1 Å². The Bertz CT molecular complexity index is 1320. The zero-order chi connectivity index (χ0) is 28.2. The molecule has 2 atom stereocenters. The van der Waals surface area contributed by atoms with Gasteiger partial charge in [0.2, 0.25) is 0 Å². The largest absolute Gasteiger partial charge is 0.444 e. The standard InChI is InChI=1S/C29H35N5O4S/c1-6-19-15-22(16-31-24(19)33-28(37)38-29(3,4)5)32-25(35)27(36)34-17-18(2)7-12-23(34)20-8-10-21(11-9-20)26-30-13-14-39-26/h8-11,13-16,18,23H,6-7,12,17H2,1-5H3,(H,32,35)(H,31,33,37)/t18-,23+/m0/s1. The zero-order valence-electron chi connectivity index (χ0n) is 23.0. The number of aryl methyl sites for hydroxylation is 1. The van der Waals surface area contributed by atoms with E-state index >= 15 is 0 Å². The maximum atomic E-state index is 13.4. The highest BCUT2D eigenvalue weighted by Crippen LogP contribution is 2.35. The lowest BCUT2D eigenvalue weighted by Gasteiger charge is -2.38. The maximum absolute atomic E-state index is 13.4. The molecule has 206 valence electrons. The average molecular weight is 550 g/mol. The van der Waals surface area contributed by atoms with E-state index < -0.39 is 23.5 Å². The van der Waals surface area contributed by atoms with Gasteiger partial charge in [0, 0.05) is 23.7 Å². The molecule has 1 aromatic carbocycles. The molecule has 39 heavy (non-hydrogen) atoms. The third-order valence-corrected chi connectivity index (χ3v) is 7.29. The second-order valence-corrected chi connectivity index (χ2v) is 11.7. The van der Waals surface area contributed by atoms with Crippen LogP contribution in [0.2, 0.25) is 0 Å². The van der Waals surface area contributed by atoms with Crippen LogP contribution in [0.3, 0.4) is 0 Å². The first-order valence-electron chi connectivity index (χ1n) is 13.1. The number of rotatable bonds is 5. The van der Waals surface area contributed by atoms with Gasteiger partial charge in [0.15, 0.2) is 0 Å². The van der Waals surface area contributed by atoms with E-state index in [1.54, 1.807) is 49.3 Å². The highest BCUT2D eigenvalue weighted by molar-refractivity contribution is 7.13. The number of benzene rings is 1. The topological polar surface area (TPSA) is 114 Å². The summed E-state index contributed by atoms with van der Waals surface area (Å²) in [6, 6.07) is 9.58. The van der Waals surface area contributed by atoms with E-state index in [1.807, 2.05) is 36.6 Å². The first-order valence-corrected chi connectivity index (χ1v) is 14.0. The van der Waals surface area contributed by atoms with Gasteiger partial charge >= 0.3 is 17.9 Å². The van der Waals surface area contributed by atoms with Crippen LogP contribution in [0.25, 0.3) is 10.6 Å². The van der Waals surface area contributed by atoms with Crippen LogP contribution in [-0.2, 0) is 20.7 Å². The molecular weight excluding hydrogens is 514 g/mol. The second-order valence-electron chi connectivity index (χ2n) is 10.8. The van der Waals surface area contributed by atoms with Gasteiger partial charge in [-0.2, -0.15) is 0 Å². The van der Waals surface area contributed by atoms with Gasteiger partial charge in [-0.05, 0) is 63.1 Å². The van der Waals surface area contributed by atoms with Gasteiger partial charge in [0.1, 0.15) is 16.4 Å². The lowest BCUT2D eigenvalue weighted by molar-refractivity contribution is -0.146. The first-order chi connectivity index (χ1) is 18.5. The van der Waals surface area contributed by atoms with Crippen LogP contribution in [0.1, 0.15) is 64.6 Å². The van der Waals surface area contributed by atoms with Crippen molar-refractivity contribution in [2.75, 3.05) is 17.2 Å². The molecule has 1 aliphatic heterocycles. The number of amides is 3. The van der Waals surface area contributed by atoms with Crippen LogP contribution < -0.4 is 10.6 Å². The summed E-state index contributed by atoms with van der Waals surface area (Å²) in [4.78, 5) is 49.0. The molecule has 0 bridgehead atoms. The van der Waals surface area contributed by atoms with Crippen LogP contribution in [0, 0.1) is 5.92 Å². The Morgan fingerprint density at radius 2 is 1.85 bits per heavy atom. The number of hydrogen-bond donors (Lipinski definition) is 2. The number of carbonyl (C=O) groups excluding carboxylic acids is 3. The number of pyridine rings is 1. The monoisotopic (exact) mass is 549 g/mol. The van der Waals surface area contributed by atoms with Crippen molar-refractivity contribution < 1.29 is 19.1 Å². The minimum Gasteiger partial charge on any atom is -0.444 e. The number of piperidine rings is 1. The molecule has 0 radical (unpaired) electrons. The van der Waals surface area contributed by atoms with Gasteiger partial charge in [0.25, 0.3) is 0 Å². The Morgan fingerprint density at radius 3 is 2.49 bits per heavy atom. The Kier molecular flexibility index (Phi) is 8.64. The summed E-state index contributed by atoms with van der Waals surface area (Å²) in [5.74, 6) is -0.656. The first kappa shape index (κ1) is 28.2. The fourth-order valence-corrected chi connectivity index (χ4v) is 5.26. The fraction of sp³-hybridized carbons (Fsp3) is 0.414. The molecule has 0 unspecified atom stereocenters. The fourth-order valence-electron chi connectivity index (χ4n) is 4.61. The summed E-state index contributed by atoms with van der Waals surface area (Å²) in [6.07, 6.45) is 4.90. The normalized spacial score (nSPS) is 17.4. The van der Waals surface area contributed by atoms with E-state index in [-0.39, 0.29) is 6.04 Å². The van der Waals surface area contributed by atoms with E-state index in [1.165, 1.54) is 6.20 Å². The summed E-state index contributed by atoms with van der Waals surface area (Å²) >= 11 is 1.58. The predicted octanol–water partition coefficient (Wildman–Crippen LogP) is 6.05. The molecule has 3 aromatic rings. The number of anilines is 2. The maximum Gasteiger partial charge on any atom is 0.413 e.